The zero-order valence-corrected chi connectivity index (χ0v) is 17.7. The van der Waals surface area contributed by atoms with Crippen LogP contribution in [0.4, 0.5) is 5.95 Å². The maximum absolute atomic E-state index is 11.5. The number of nitrogens with zero attached hydrogens (tertiary/aromatic N) is 2. The van der Waals surface area contributed by atoms with Crippen molar-refractivity contribution in [3.05, 3.63) is 41.0 Å². The third kappa shape index (κ3) is 4.37. The molecule has 0 bridgehead atoms. The highest BCUT2D eigenvalue weighted by Gasteiger charge is 2.26. The van der Waals surface area contributed by atoms with E-state index in [1.165, 1.54) is 24.2 Å². The van der Waals surface area contributed by atoms with Crippen LogP contribution in [0, 0.1) is 5.41 Å². The Morgan fingerprint density at radius 3 is 2.93 bits per heavy atom. The maximum Gasteiger partial charge on any atom is 0.336 e. The Balaban J connectivity index is 1.55. The third-order valence-electron chi connectivity index (χ3n) is 5.59. The molecule has 2 aromatic heterocycles. The molecule has 1 saturated heterocycles. The molecule has 1 aromatic carbocycles. The number of thiophene rings is 1. The number of nitrogens with one attached hydrogen (secondary N) is 2. The zero-order chi connectivity index (χ0) is 20.4. The molecule has 1 fully saturated rings. The van der Waals surface area contributed by atoms with Crippen LogP contribution < -0.4 is 10.6 Å². The lowest BCUT2D eigenvalue weighted by Crippen LogP contribution is -2.35. The van der Waals surface area contributed by atoms with Crippen molar-refractivity contribution < 1.29 is 9.90 Å². The Morgan fingerprint density at radius 2 is 2.17 bits per heavy atom. The fraction of sp³-hybridized carbons (Fsp3) is 0.381. The summed E-state index contributed by atoms with van der Waals surface area (Å²) < 4.78 is 0.892. The lowest BCUT2D eigenvalue weighted by molar-refractivity contribution is 0.0699. The second-order valence-corrected chi connectivity index (χ2v) is 9.25. The molecule has 0 saturated carbocycles. The third-order valence-corrected chi connectivity index (χ3v) is 6.98. The Bertz CT molecular complexity index is 1050. The highest BCUT2D eigenvalue weighted by Crippen LogP contribution is 2.37. The molecule has 0 aliphatic carbocycles. The van der Waals surface area contributed by atoms with E-state index in [-0.39, 0.29) is 5.56 Å². The minimum atomic E-state index is -0.942. The summed E-state index contributed by atoms with van der Waals surface area (Å²) >= 11 is 7.85. The van der Waals surface area contributed by atoms with E-state index >= 15 is 0 Å². The van der Waals surface area contributed by atoms with Gasteiger partial charge < -0.3 is 15.7 Å². The molecule has 152 valence electrons. The van der Waals surface area contributed by atoms with Crippen molar-refractivity contribution in [2.75, 3.05) is 25.0 Å². The molecule has 8 heteroatoms. The van der Waals surface area contributed by atoms with E-state index in [2.05, 4.69) is 27.5 Å². The van der Waals surface area contributed by atoms with Crippen LogP contribution in [-0.4, -0.2) is 40.7 Å². The molecule has 0 spiro atoms. The van der Waals surface area contributed by atoms with Gasteiger partial charge in [-0.2, -0.15) is 0 Å². The molecule has 0 unspecified atom stereocenters. The number of hydrogen-bond acceptors (Lipinski definition) is 6. The lowest BCUT2D eigenvalue weighted by atomic mass is 9.78. The summed E-state index contributed by atoms with van der Waals surface area (Å²) in [6.07, 6.45) is 5.01. The van der Waals surface area contributed by atoms with Gasteiger partial charge in [0.1, 0.15) is 5.69 Å². The van der Waals surface area contributed by atoms with E-state index in [0.717, 1.165) is 35.6 Å². The maximum atomic E-state index is 11.5. The molecule has 0 amide bonds. The summed E-state index contributed by atoms with van der Waals surface area (Å²) in [4.78, 5) is 21.3. The van der Waals surface area contributed by atoms with E-state index in [4.69, 9.17) is 11.6 Å². The van der Waals surface area contributed by atoms with E-state index < -0.39 is 5.97 Å². The van der Waals surface area contributed by atoms with Gasteiger partial charge in [0.2, 0.25) is 5.95 Å². The molecule has 3 N–H and O–H groups in total. The smallest absolute Gasteiger partial charge is 0.336 e. The van der Waals surface area contributed by atoms with Gasteiger partial charge in [-0.1, -0.05) is 24.6 Å². The van der Waals surface area contributed by atoms with Crippen LogP contribution in [0.2, 0.25) is 5.02 Å². The molecule has 6 nitrogen and oxygen atoms in total. The number of benzene rings is 1. The standard InChI is InChI=1S/C21H23ClN4O2S/c1-21(5-8-23-9-6-21)7-10-24-20-25-12-15(22)18(26-20)17-11-14-13(19(27)28)3-2-4-16(14)29-17/h2-4,11-12,23H,5-10H2,1H3,(H,27,28)(H,24,25,26). The van der Waals surface area contributed by atoms with Gasteiger partial charge in [-0.3, -0.25) is 0 Å². The Kier molecular flexibility index (Phi) is 5.72. The number of hydrogen-bond donors (Lipinski definition) is 3. The van der Waals surface area contributed by atoms with Crippen LogP contribution in [0.5, 0.6) is 0 Å². The first kappa shape index (κ1) is 20.1. The number of aromatic nitrogens is 2. The average molecular weight is 431 g/mol. The van der Waals surface area contributed by atoms with Crippen molar-refractivity contribution in [2.24, 2.45) is 5.41 Å². The Morgan fingerprint density at radius 1 is 1.38 bits per heavy atom. The molecule has 0 atom stereocenters. The second-order valence-electron chi connectivity index (χ2n) is 7.76. The predicted octanol–water partition coefficient (Wildman–Crippen LogP) is 4.90. The highest BCUT2D eigenvalue weighted by atomic mass is 35.5. The van der Waals surface area contributed by atoms with Crippen LogP contribution in [0.15, 0.2) is 30.5 Å². The number of carbonyl (C=O) groups is 1. The zero-order valence-electron chi connectivity index (χ0n) is 16.2. The van der Waals surface area contributed by atoms with Crippen molar-refractivity contribution in [3.8, 4) is 10.6 Å². The fourth-order valence-corrected chi connectivity index (χ4v) is 5.09. The molecule has 3 aromatic rings. The first-order valence-corrected chi connectivity index (χ1v) is 10.9. The van der Waals surface area contributed by atoms with Crippen LogP contribution in [0.3, 0.4) is 0 Å². The minimum Gasteiger partial charge on any atom is -0.478 e. The van der Waals surface area contributed by atoms with Gasteiger partial charge in [0.05, 0.1) is 21.7 Å². The van der Waals surface area contributed by atoms with Gasteiger partial charge in [-0.05, 0) is 56.0 Å². The van der Waals surface area contributed by atoms with Crippen molar-refractivity contribution >= 4 is 44.9 Å². The summed E-state index contributed by atoms with van der Waals surface area (Å²) in [5.41, 5.74) is 1.24. The Hall–Kier alpha value is -2.22. The predicted molar refractivity (Wildman–Crippen MR) is 118 cm³/mol. The van der Waals surface area contributed by atoms with Crippen molar-refractivity contribution in [3.63, 3.8) is 0 Å². The van der Waals surface area contributed by atoms with Gasteiger partial charge in [-0.15, -0.1) is 11.3 Å². The summed E-state index contributed by atoms with van der Waals surface area (Å²) in [6, 6.07) is 7.11. The normalized spacial score (nSPS) is 16.1. The first-order valence-electron chi connectivity index (χ1n) is 9.69. The van der Waals surface area contributed by atoms with E-state index in [1.54, 1.807) is 18.3 Å². The number of piperidine rings is 1. The van der Waals surface area contributed by atoms with Gasteiger partial charge in [0.15, 0.2) is 0 Å². The summed E-state index contributed by atoms with van der Waals surface area (Å²) in [5.74, 6) is -0.402. The molecular formula is C21H23ClN4O2S. The van der Waals surface area contributed by atoms with Crippen molar-refractivity contribution in [2.45, 2.75) is 26.2 Å². The molecular weight excluding hydrogens is 408 g/mol. The topological polar surface area (TPSA) is 87.1 Å². The number of carboxylic acid groups (broad SMARTS) is 1. The average Bonchev–Trinajstić information content (AvgIpc) is 3.13. The first-order chi connectivity index (χ1) is 14.0. The van der Waals surface area contributed by atoms with E-state index in [9.17, 15) is 9.90 Å². The largest absolute Gasteiger partial charge is 0.478 e. The minimum absolute atomic E-state index is 0.281. The fourth-order valence-electron chi connectivity index (χ4n) is 3.75. The number of aromatic carboxylic acids is 1. The summed E-state index contributed by atoms with van der Waals surface area (Å²) in [6.45, 7) is 5.28. The van der Waals surface area contributed by atoms with Crippen molar-refractivity contribution in [1.82, 2.24) is 15.3 Å². The summed E-state index contributed by atoms with van der Waals surface area (Å²) in [7, 11) is 0. The molecule has 0 radical (unpaired) electrons. The molecule has 3 heterocycles. The SMILES string of the molecule is CC1(CCNc2ncc(Cl)c(-c3cc4c(C(=O)O)cccc4s3)n2)CCNCC1. The van der Waals surface area contributed by atoms with Crippen LogP contribution in [0.25, 0.3) is 20.7 Å². The van der Waals surface area contributed by atoms with Gasteiger partial charge in [0.25, 0.3) is 0 Å². The summed E-state index contributed by atoms with van der Waals surface area (Å²) in [5, 5.41) is 17.3. The molecule has 4 rings (SSSR count). The van der Waals surface area contributed by atoms with E-state index in [0.29, 0.717) is 27.5 Å². The quantitative estimate of drug-likeness (QED) is 0.515. The highest BCUT2D eigenvalue weighted by molar-refractivity contribution is 7.22. The van der Waals surface area contributed by atoms with Gasteiger partial charge in [0, 0.05) is 16.6 Å². The monoisotopic (exact) mass is 430 g/mol. The Labute approximate surface area is 178 Å². The van der Waals surface area contributed by atoms with Crippen LogP contribution >= 0.6 is 22.9 Å². The number of carboxylic acids is 1. The molecule has 1 aliphatic heterocycles. The van der Waals surface area contributed by atoms with Gasteiger partial charge >= 0.3 is 5.97 Å². The van der Waals surface area contributed by atoms with Crippen molar-refractivity contribution in [1.29, 1.82) is 0 Å². The lowest BCUT2D eigenvalue weighted by Gasteiger charge is -2.34. The van der Waals surface area contributed by atoms with Gasteiger partial charge in [-0.25, -0.2) is 14.8 Å². The molecule has 1 aliphatic rings. The molecule has 29 heavy (non-hydrogen) atoms. The van der Waals surface area contributed by atoms with Crippen LogP contribution in [-0.2, 0) is 0 Å². The van der Waals surface area contributed by atoms with Crippen LogP contribution in [0.1, 0.15) is 36.5 Å². The number of halogens is 1. The second kappa shape index (κ2) is 8.26. The number of fused-ring (bicyclic) bond motifs is 1. The number of anilines is 1. The van der Waals surface area contributed by atoms with E-state index in [1.807, 2.05) is 12.1 Å². The number of rotatable bonds is 6.